The van der Waals surface area contributed by atoms with Crippen LogP contribution < -0.4 is 10.6 Å². The van der Waals surface area contributed by atoms with E-state index in [0.717, 1.165) is 11.1 Å². The zero-order valence-electron chi connectivity index (χ0n) is 25.5. The smallest absolute Gasteiger partial charge is 0.329 e. The first-order valence-electron chi connectivity index (χ1n) is 14.9. The van der Waals surface area contributed by atoms with Crippen molar-refractivity contribution < 1.29 is 48.3 Å². The molecule has 0 radical (unpaired) electrons. The lowest BCUT2D eigenvalue weighted by atomic mass is 10.0. The summed E-state index contributed by atoms with van der Waals surface area (Å²) in [5, 5.41) is 23.1. The SMILES string of the molecule is O=C(N[C@@H](Cc1ccccc1)C(=O)OCCOCCO)c1ccc(C(=O)N[C@@H](Cc2ccccc2)C(=O)OCCOCCO)cc1. The number of ether oxygens (including phenoxy) is 4. The maximum atomic E-state index is 13.1. The number of aliphatic hydroxyl groups is 2. The van der Waals surface area contributed by atoms with Crippen LogP contribution in [0.1, 0.15) is 31.8 Å². The van der Waals surface area contributed by atoms with Crippen LogP contribution in [0.25, 0.3) is 0 Å². The van der Waals surface area contributed by atoms with Crippen LogP contribution in [0.2, 0.25) is 0 Å². The maximum Gasteiger partial charge on any atom is 0.329 e. The molecule has 0 aliphatic carbocycles. The van der Waals surface area contributed by atoms with E-state index < -0.39 is 35.8 Å². The molecule has 0 aliphatic heterocycles. The fraction of sp³-hybridized carbons (Fsp3) is 0.353. The average Bonchev–Trinajstić information content (AvgIpc) is 3.08. The molecular weight excluding hydrogens is 596 g/mol. The molecule has 0 aliphatic rings. The Morgan fingerprint density at radius 1 is 0.522 bits per heavy atom. The van der Waals surface area contributed by atoms with Crippen molar-refractivity contribution in [3.05, 3.63) is 107 Å². The third kappa shape index (κ3) is 12.8. The first-order chi connectivity index (χ1) is 22.4. The van der Waals surface area contributed by atoms with Gasteiger partial charge in [0.15, 0.2) is 0 Å². The standard InChI is InChI=1S/C34H40N2O10/c37-15-17-43-19-21-45-33(41)29(23-25-7-3-1-4-8-25)35-31(39)27-11-13-28(14-12-27)32(40)36-30(24-26-9-5-2-6-10-26)34(42)46-22-20-44-18-16-38/h1-14,29-30,37-38H,15-24H2,(H,35,39)(H,36,40)/t29-,30-/m0/s1. The fourth-order valence-electron chi connectivity index (χ4n) is 4.28. The van der Waals surface area contributed by atoms with Crippen LogP contribution >= 0.6 is 0 Å². The zero-order chi connectivity index (χ0) is 33.0. The summed E-state index contributed by atoms with van der Waals surface area (Å²) in [6, 6.07) is 22.1. The van der Waals surface area contributed by atoms with Crippen molar-refractivity contribution in [1.29, 1.82) is 0 Å². The van der Waals surface area contributed by atoms with Crippen LogP contribution in [0.3, 0.4) is 0 Å². The van der Waals surface area contributed by atoms with Gasteiger partial charge in [0.05, 0.1) is 39.6 Å². The molecule has 0 bridgehead atoms. The van der Waals surface area contributed by atoms with Crippen molar-refractivity contribution in [2.75, 3.05) is 52.9 Å². The fourth-order valence-corrected chi connectivity index (χ4v) is 4.28. The van der Waals surface area contributed by atoms with Crippen molar-refractivity contribution in [3.63, 3.8) is 0 Å². The molecule has 3 rings (SSSR count). The van der Waals surface area contributed by atoms with Gasteiger partial charge in [-0.2, -0.15) is 0 Å². The van der Waals surface area contributed by atoms with E-state index in [9.17, 15) is 19.2 Å². The monoisotopic (exact) mass is 636 g/mol. The van der Waals surface area contributed by atoms with Gasteiger partial charge in [0.1, 0.15) is 25.3 Å². The van der Waals surface area contributed by atoms with Gasteiger partial charge in [-0.1, -0.05) is 60.7 Å². The second kappa shape index (κ2) is 20.4. The van der Waals surface area contributed by atoms with Gasteiger partial charge in [0.25, 0.3) is 11.8 Å². The largest absolute Gasteiger partial charge is 0.462 e. The molecule has 12 nitrogen and oxygen atoms in total. The van der Waals surface area contributed by atoms with E-state index in [1.54, 1.807) is 0 Å². The minimum Gasteiger partial charge on any atom is -0.462 e. The van der Waals surface area contributed by atoms with Crippen molar-refractivity contribution in [2.45, 2.75) is 24.9 Å². The van der Waals surface area contributed by atoms with Gasteiger partial charge in [-0.15, -0.1) is 0 Å². The number of nitrogens with one attached hydrogen (secondary N) is 2. The molecule has 246 valence electrons. The number of rotatable bonds is 20. The summed E-state index contributed by atoms with van der Waals surface area (Å²) in [7, 11) is 0. The predicted molar refractivity (Wildman–Crippen MR) is 167 cm³/mol. The third-order valence-electron chi connectivity index (χ3n) is 6.57. The van der Waals surface area contributed by atoms with Crippen LogP contribution in [-0.2, 0) is 41.4 Å². The Hall–Kier alpha value is -4.62. The topological polar surface area (TPSA) is 170 Å². The summed E-state index contributed by atoms with van der Waals surface area (Å²) in [5.74, 6) is -2.38. The number of amides is 2. The first-order valence-corrected chi connectivity index (χ1v) is 14.9. The maximum absolute atomic E-state index is 13.1. The Bertz CT molecular complexity index is 1250. The van der Waals surface area contributed by atoms with E-state index in [1.165, 1.54) is 24.3 Å². The number of benzene rings is 3. The summed E-state index contributed by atoms with van der Waals surface area (Å²) in [6.45, 7) is 0.0644. The van der Waals surface area contributed by atoms with E-state index >= 15 is 0 Å². The molecule has 0 unspecified atom stereocenters. The highest BCUT2D eigenvalue weighted by Gasteiger charge is 2.25. The molecule has 0 heterocycles. The molecule has 3 aromatic carbocycles. The lowest BCUT2D eigenvalue weighted by Gasteiger charge is -2.19. The van der Waals surface area contributed by atoms with E-state index in [0.29, 0.717) is 0 Å². The predicted octanol–water partition coefficient (Wildman–Crippen LogP) is 1.47. The Kier molecular flexibility index (Phi) is 15.9. The van der Waals surface area contributed by atoms with Gasteiger partial charge >= 0.3 is 11.9 Å². The Balaban J connectivity index is 1.64. The normalized spacial score (nSPS) is 12.0. The number of aliphatic hydroxyl groups excluding tert-OH is 2. The molecule has 0 fully saturated rings. The summed E-state index contributed by atoms with van der Waals surface area (Å²) in [6.07, 6.45) is 0.381. The van der Waals surface area contributed by atoms with Gasteiger partial charge < -0.3 is 39.8 Å². The van der Waals surface area contributed by atoms with Crippen molar-refractivity contribution >= 4 is 23.8 Å². The van der Waals surface area contributed by atoms with Crippen molar-refractivity contribution in [1.82, 2.24) is 10.6 Å². The number of esters is 2. The molecule has 0 saturated carbocycles. The minimum absolute atomic E-state index is 0.0416. The first kappa shape index (κ1) is 35.9. The Morgan fingerprint density at radius 2 is 0.891 bits per heavy atom. The lowest BCUT2D eigenvalue weighted by Crippen LogP contribution is -2.44. The average molecular weight is 637 g/mol. The molecule has 0 aromatic heterocycles. The van der Waals surface area contributed by atoms with E-state index in [2.05, 4.69) is 10.6 Å². The number of hydrogen-bond donors (Lipinski definition) is 4. The molecule has 4 N–H and O–H groups in total. The van der Waals surface area contributed by atoms with Crippen LogP contribution in [0.4, 0.5) is 0 Å². The highest BCUT2D eigenvalue weighted by atomic mass is 16.6. The second-order valence-corrected chi connectivity index (χ2v) is 10.0. The zero-order valence-corrected chi connectivity index (χ0v) is 25.5. The molecule has 3 aromatic rings. The third-order valence-corrected chi connectivity index (χ3v) is 6.57. The second-order valence-electron chi connectivity index (χ2n) is 10.0. The van der Waals surface area contributed by atoms with Crippen molar-refractivity contribution in [2.24, 2.45) is 0 Å². The highest BCUT2D eigenvalue weighted by molar-refractivity contribution is 6.00. The van der Waals surface area contributed by atoms with Gasteiger partial charge in [-0.05, 0) is 35.4 Å². The van der Waals surface area contributed by atoms with E-state index in [-0.39, 0.29) is 76.8 Å². The quantitative estimate of drug-likeness (QED) is 0.105. The van der Waals surface area contributed by atoms with Gasteiger partial charge in [0.2, 0.25) is 0 Å². The Labute approximate surface area is 267 Å². The molecule has 0 spiro atoms. The molecule has 0 saturated heterocycles. The summed E-state index contributed by atoms with van der Waals surface area (Å²) >= 11 is 0. The van der Waals surface area contributed by atoms with Crippen molar-refractivity contribution in [3.8, 4) is 0 Å². The van der Waals surface area contributed by atoms with Crippen LogP contribution in [-0.4, -0.2) is 98.9 Å². The van der Waals surface area contributed by atoms with E-state index in [4.69, 9.17) is 29.2 Å². The van der Waals surface area contributed by atoms with Crippen LogP contribution in [0.15, 0.2) is 84.9 Å². The van der Waals surface area contributed by atoms with Gasteiger partial charge in [-0.25, -0.2) is 9.59 Å². The summed E-state index contributed by atoms with van der Waals surface area (Å²) < 4.78 is 20.8. The number of carbonyl (C=O) groups excluding carboxylic acids is 4. The number of hydrogen-bond acceptors (Lipinski definition) is 10. The molecule has 12 heteroatoms. The minimum atomic E-state index is -0.991. The lowest BCUT2D eigenvalue weighted by molar-refractivity contribution is -0.148. The van der Waals surface area contributed by atoms with Gasteiger partial charge in [0, 0.05) is 24.0 Å². The highest BCUT2D eigenvalue weighted by Crippen LogP contribution is 2.11. The van der Waals surface area contributed by atoms with Crippen LogP contribution in [0.5, 0.6) is 0 Å². The number of carbonyl (C=O) groups is 4. The molecular formula is C34H40N2O10. The van der Waals surface area contributed by atoms with Gasteiger partial charge in [-0.3, -0.25) is 9.59 Å². The summed E-state index contributed by atoms with van der Waals surface area (Å²) in [4.78, 5) is 51.9. The summed E-state index contributed by atoms with van der Waals surface area (Å²) in [5.41, 5.74) is 2.04. The molecule has 2 amide bonds. The molecule has 46 heavy (non-hydrogen) atoms. The Morgan fingerprint density at radius 3 is 1.24 bits per heavy atom. The van der Waals surface area contributed by atoms with E-state index in [1.807, 2.05) is 60.7 Å². The molecule has 2 atom stereocenters. The van der Waals surface area contributed by atoms with Crippen LogP contribution in [0, 0.1) is 0 Å².